The van der Waals surface area contributed by atoms with E-state index in [9.17, 15) is 18.0 Å². The summed E-state index contributed by atoms with van der Waals surface area (Å²) in [5, 5.41) is 0. The lowest BCUT2D eigenvalue weighted by Crippen LogP contribution is -2.42. The van der Waals surface area contributed by atoms with Crippen LogP contribution < -0.4 is 0 Å². The molecule has 13 heavy (non-hydrogen) atoms. The van der Waals surface area contributed by atoms with Gasteiger partial charge in [0.25, 0.3) is 0 Å². The predicted octanol–water partition coefficient (Wildman–Crippen LogP) is 1.59. The van der Waals surface area contributed by atoms with Crippen molar-refractivity contribution in [3.63, 3.8) is 0 Å². The number of halogens is 3. The third-order valence-electron chi connectivity index (χ3n) is 2.17. The maximum Gasteiger partial charge on any atom is 0.301 e. The number of carbonyl (C=O) groups excluding carboxylic acids is 1. The Morgan fingerprint density at radius 3 is 2.77 bits per heavy atom. The molecule has 0 bridgehead atoms. The lowest BCUT2D eigenvalue weighted by Gasteiger charge is -2.30. The molecule has 1 aliphatic heterocycles. The lowest BCUT2D eigenvalue weighted by molar-refractivity contribution is -0.170. The minimum atomic E-state index is -3.46. The van der Waals surface area contributed by atoms with Crippen molar-refractivity contribution in [1.29, 1.82) is 0 Å². The van der Waals surface area contributed by atoms with E-state index >= 15 is 0 Å². The van der Waals surface area contributed by atoms with Gasteiger partial charge in [0.05, 0.1) is 0 Å². The van der Waals surface area contributed by atoms with E-state index in [1.54, 1.807) is 0 Å². The van der Waals surface area contributed by atoms with E-state index in [0.717, 1.165) is 0 Å². The first kappa shape index (κ1) is 10.5. The van der Waals surface area contributed by atoms with Crippen LogP contribution in [0, 0.1) is 5.92 Å². The van der Waals surface area contributed by atoms with E-state index in [-0.39, 0.29) is 13.0 Å². The van der Waals surface area contributed by atoms with Gasteiger partial charge < -0.3 is 9.53 Å². The number of carbonyl (C=O) groups is 1. The summed E-state index contributed by atoms with van der Waals surface area (Å²) < 4.78 is 42.0. The third-order valence-corrected chi connectivity index (χ3v) is 2.17. The molecule has 1 aliphatic rings. The first-order chi connectivity index (χ1) is 6.10. The monoisotopic (exact) mass is 196 g/mol. The topological polar surface area (TPSA) is 26.3 Å². The maximum atomic E-state index is 12.7. The Balaban J connectivity index is 2.55. The molecule has 0 N–H and O–H groups in total. The first-order valence-corrected chi connectivity index (χ1v) is 4.11. The highest BCUT2D eigenvalue weighted by atomic mass is 19.3. The second-order valence-electron chi connectivity index (χ2n) is 3.17. The van der Waals surface area contributed by atoms with Crippen LogP contribution in [0.25, 0.3) is 0 Å². The van der Waals surface area contributed by atoms with Crippen molar-refractivity contribution in [2.24, 2.45) is 5.92 Å². The summed E-state index contributed by atoms with van der Waals surface area (Å²) in [6, 6.07) is 0. The summed E-state index contributed by atoms with van der Waals surface area (Å²) in [5.41, 5.74) is 0. The molecule has 0 amide bonds. The molecule has 0 radical (unpaired) electrons. The van der Waals surface area contributed by atoms with Crippen LogP contribution in [0.1, 0.15) is 12.8 Å². The van der Waals surface area contributed by atoms with Crippen LogP contribution in [0.3, 0.4) is 0 Å². The predicted molar refractivity (Wildman–Crippen MR) is 39.5 cm³/mol. The largest absolute Gasteiger partial charge is 0.372 e. The number of hydrogen-bond acceptors (Lipinski definition) is 2. The average Bonchev–Trinajstić information content (AvgIpc) is 2.18. The Morgan fingerprint density at radius 1 is 1.54 bits per heavy atom. The van der Waals surface area contributed by atoms with Crippen molar-refractivity contribution in [3.05, 3.63) is 0 Å². The summed E-state index contributed by atoms with van der Waals surface area (Å²) in [6.07, 6.45) is -0.450. The van der Waals surface area contributed by atoms with Crippen molar-refractivity contribution >= 4 is 6.29 Å². The molecule has 0 aromatic carbocycles. The number of aldehydes is 1. The molecule has 1 saturated heterocycles. The fourth-order valence-corrected chi connectivity index (χ4v) is 1.33. The molecule has 0 aliphatic carbocycles. The van der Waals surface area contributed by atoms with Gasteiger partial charge in [0.2, 0.25) is 0 Å². The molecule has 2 atom stereocenters. The Labute approximate surface area is 74.1 Å². The summed E-state index contributed by atoms with van der Waals surface area (Å²) >= 11 is 0. The summed E-state index contributed by atoms with van der Waals surface area (Å²) in [6.45, 7) is -1.63. The SMILES string of the molecule is O=CC1CCOC(C(F)(F)CF)C1. The van der Waals surface area contributed by atoms with E-state index < -0.39 is 24.6 Å². The van der Waals surface area contributed by atoms with E-state index in [2.05, 4.69) is 0 Å². The van der Waals surface area contributed by atoms with Crippen molar-refractivity contribution in [3.8, 4) is 0 Å². The minimum Gasteiger partial charge on any atom is -0.372 e. The fourth-order valence-electron chi connectivity index (χ4n) is 1.33. The quantitative estimate of drug-likeness (QED) is 0.640. The van der Waals surface area contributed by atoms with Gasteiger partial charge in [-0.3, -0.25) is 0 Å². The van der Waals surface area contributed by atoms with Gasteiger partial charge in [-0.05, 0) is 12.8 Å². The van der Waals surface area contributed by atoms with E-state index in [1.807, 2.05) is 0 Å². The summed E-state index contributed by atoms with van der Waals surface area (Å²) in [4.78, 5) is 10.3. The highest BCUT2D eigenvalue weighted by molar-refractivity contribution is 5.53. The molecule has 0 saturated carbocycles. The summed E-state index contributed by atoms with van der Waals surface area (Å²) in [5.74, 6) is -3.88. The molecular formula is C8H11F3O2. The van der Waals surface area contributed by atoms with Crippen LogP contribution in [0.15, 0.2) is 0 Å². The molecule has 0 aromatic heterocycles. The third kappa shape index (κ3) is 2.43. The lowest BCUT2D eigenvalue weighted by atomic mass is 9.94. The van der Waals surface area contributed by atoms with Crippen LogP contribution in [0.4, 0.5) is 13.2 Å². The highest BCUT2D eigenvalue weighted by Crippen LogP contribution is 2.30. The van der Waals surface area contributed by atoms with Gasteiger partial charge in [0.15, 0.2) is 6.67 Å². The number of ether oxygens (including phenoxy) is 1. The van der Waals surface area contributed by atoms with Gasteiger partial charge in [0, 0.05) is 12.5 Å². The molecule has 76 valence electrons. The van der Waals surface area contributed by atoms with E-state index in [0.29, 0.717) is 12.7 Å². The highest BCUT2D eigenvalue weighted by Gasteiger charge is 2.43. The van der Waals surface area contributed by atoms with Crippen LogP contribution in [-0.4, -0.2) is 31.6 Å². The first-order valence-electron chi connectivity index (χ1n) is 4.11. The van der Waals surface area contributed by atoms with Gasteiger partial charge in [-0.25, -0.2) is 13.2 Å². The smallest absolute Gasteiger partial charge is 0.301 e. The standard InChI is InChI=1S/C8H11F3O2/c9-5-8(10,11)7-3-6(4-12)1-2-13-7/h4,6-7H,1-3,5H2. The van der Waals surface area contributed by atoms with E-state index in [4.69, 9.17) is 4.74 Å². The van der Waals surface area contributed by atoms with Crippen molar-refractivity contribution in [1.82, 2.24) is 0 Å². The Hall–Kier alpha value is -0.580. The molecular weight excluding hydrogens is 185 g/mol. The van der Waals surface area contributed by atoms with Crippen molar-refractivity contribution < 1.29 is 22.7 Å². The second-order valence-corrected chi connectivity index (χ2v) is 3.17. The van der Waals surface area contributed by atoms with Gasteiger partial charge in [0.1, 0.15) is 12.4 Å². The zero-order valence-electron chi connectivity index (χ0n) is 7.01. The number of rotatable bonds is 3. The minimum absolute atomic E-state index is 0.0829. The fraction of sp³-hybridized carbons (Fsp3) is 0.875. The average molecular weight is 196 g/mol. The van der Waals surface area contributed by atoms with Crippen LogP contribution in [-0.2, 0) is 9.53 Å². The van der Waals surface area contributed by atoms with Crippen LogP contribution in [0.2, 0.25) is 0 Å². The molecule has 0 aromatic rings. The molecule has 0 spiro atoms. The molecule has 1 heterocycles. The Morgan fingerprint density at radius 2 is 2.23 bits per heavy atom. The van der Waals surface area contributed by atoms with Gasteiger partial charge in [-0.1, -0.05) is 0 Å². The zero-order valence-corrected chi connectivity index (χ0v) is 7.01. The van der Waals surface area contributed by atoms with Gasteiger partial charge >= 0.3 is 5.92 Å². The van der Waals surface area contributed by atoms with Crippen molar-refractivity contribution in [2.75, 3.05) is 13.3 Å². The number of alkyl halides is 3. The zero-order chi connectivity index (χ0) is 9.90. The Bertz CT molecular complexity index is 184. The molecule has 2 nitrogen and oxygen atoms in total. The molecule has 1 rings (SSSR count). The summed E-state index contributed by atoms with van der Waals surface area (Å²) in [7, 11) is 0. The molecule has 2 unspecified atom stereocenters. The van der Waals surface area contributed by atoms with Crippen LogP contribution in [0.5, 0.6) is 0 Å². The maximum absolute atomic E-state index is 12.7. The number of hydrogen-bond donors (Lipinski definition) is 0. The van der Waals surface area contributed by atoms with E-state index in [1.165, 1.54) is 0 Å². The van der Waals surface area contributed by atoms with Gasteiger partial charge in [-0.15, -0.1) is 0 Å². The second kappa shape index (κ2) is 4.09. The molecule has 5 heteroatoms. The van der Waals surface area contributed by atoms with Crippen molar-refractivity contribution in [2.45, 2.75) is 24.9 Å². The van der Waals surface area contributed by atoms with Crippen LogP contribution >= 0.6 is 0 Å². The Kier molecular flexibility index (Phi) is 3.30. The van der Waals surface area contributed by atoms with Gasteiger partial charge in [-0.2, -0.15) is 0 Å². The molecule has 1 fully saturated rings. The normalized spacial score (nSPS) is 30.1.